The van der Waals surface area contributed by atoms with Crippen molar-refractivity contribution in [2.24, 2.45) is 0 Å². The molecule has 0 aliphatic carbocycles. The lowest BCUT2D eigenvalue weighted by molar-refractivity contribution is 1.55. The first-order valence-corrected chi connectivity index (χ1v) is 4.89. The van der Waals surface area contributed by atoms with Crippen LogP contribution in [0.15, 0.2) is 25.6 Å². The quantitative estimate of drug-likeness (QED) is 0.717. The minimum Gasteiger partial charge on any atom is -0.397 e. The normalized spacial score (nSPS) is 9.90. The molecule has 54 valence electrons. The fourth-order valence-electron chi connectivity index (χ4n) is 0.553. The lowest BCUT2D eigenvalue weighted by Crippen LogP contribution is -1.87. The zero-order chi connectivity index (χ0) is 7.72. The van der Waals surface area contributed by atoms with E-state index in [0.717, 1.165) is 19.1 Å². The first-order valence-electron chi connectivity index (χ1n) is 2.51. The molecule has 2 N–H and O–H groups in total. The van der Waals surface area contributed by atoms with Crippen LogP contribution >= 0.6 is 47.8 Å². The molecular formula is C6H4Br3N. The van der Waals surface area contributed by atoms with Crippen LogP contribution < -0.4 is 5.73 Å². The molecule has 0 atom stereocenters. The van der Waals surface area contributed by atoms with Crippen LogP contribution in [-0.2, 0) is 0 Å². The van der Waals surface area contributed by atoms with Crippen LogP contribution in [0, 0.1) is 0 Å². The number of hydrogen-bond acceptors (Lipinski definition) is 1. The van der Waals surface area contributed by atoms with Crippen LogP contribution in [0.1, 0.15) is 0 Å². The SMILES string of the molecule is N[14c]1[14c](Br)[14cH][14c](Br)[14cH][14c]1Br. The fraction of sp³-hybridized carbons (Fsp3) is 0. The molecule has 0 aliphatic rings. The van der Waals surface area contributed by atoms with Gasteiger partial charge in [0.2, 0.25) is 0 Å². The Morgan fingerprint density at radius 2 is 1.40 bits per heavy atom. The molecule has 1 aromatic carbocycles. The maximum Gasteiger partial charge on any atom is 0.0603 e. The van der Waals surface area contributed by atoms with E-state index in [2.05, 4.69) is 47.8 Å². The molecule has 0 saturated carbocycles. The van der Waals surface area contributed by atoms with E-state index in [1.54, 1.807) is 0 Å². The summed E-state index contributed by atoms with van der Waals surface area (Å²) >= 11 is 9.96. The summed E-state index contributed by atoms with van der Waals surface area (Å²) in [7, 11) is 0. The molecule has 1 aromatic rings. The van der Waals surface area contributed by atoms with Crippen molar-refractivity contribution in [1.29, 1.82) is 0 Å². The Morgan fingerprint density at radius 1 is 1.00 bits per heavy atom. The fourth-order valence-corrected chi connectivity index (χ4v) is 2.81. The van der Waals surface area contributed by atoms with Crippen LogP contribution in [0.5, 0.6) is 0 Å². The van der Waals surface area contributed by atoms with Crippen LogP contribution in [0.4, 0.5) is 5.69 Å². The first-order chi connectivity index (χ1) is 4.61. The summed E-state index contributed by atoms with van der Waals surface area (Å²) in [5.41, 5.74) is 6.36. The van der Waals surface area contributed by atoms with Gasteiger partial charge in [0.05, 0.1) is 5.69 Å². The molecule has 0 fully saturated rings. The zero-order valence-electron chi connectivity index (χ0n) is 4.87. The maximum absolute atomic E-state index is 5.64. The second kappa shape index (κ2) is 3.24. The van der Waals surface area contributed by atoms with Gasteiger partial charge >= 0.3 is 0 Å². The van der Waals surface area contributed by atoms with Crippen LogP contribution in [-0.4, -0.2) is 0 Å². The third kappa shape index (κ3) is 1.74. The average Bonchev–Trinajstić information content (AvgIpc) is 1.82. The van der Waals surface area contributed by atoms with Crippen molar-refractivity contribution in [3.63, 3.8) is 0 Å². The molecule has 0 saturated heterocycles. The van der Waals surface area contributed by atoms with Crippen molar-refractivity contribution in [3.05, 3.63) is 25.6 Å². The Labute approximate surface area is 84.4 Å². The summed E-state index contributed by atoms with van der Waals surface area (Å²) in [5.74, 6) is 0. The summed E-state index contributed by atoms with van der Waals surface area (Å²) in [4.78, 5) is 0. The summed E-state index contributed by atoms with van der Waals surface area (Å²) < 4.78 is 2.79. The molecular weight excluding hydrogens is 338 g/mol. The van der Waals surface area contributed by atoms with Crippen LogP contribution in [0.2, 0.25) is 0 Å². The molecule has 0 aromatic heterocycles. The van der Waals surface area contributed by atoms with E-state index in [1.165, 1.54) is 0 Å². The van der Waals surface area contributed by atoms with Crippen LogP contribution in [0.3, 0.4) is 0 Å². The van der Waals surface area contributed by atoms with Gasteiger partial charge in [0.1, 0.15) is 0 Å². The molecule has 1 rings (SSSR count). The molecule has 0 spiro atoms. The predicted molar refractivity (Wildman–Crippen MR) is 54.0 cm³/mol. The van der Waals surface area contributed by atoms with Crippen molar-refractivity contribution in [2.75, 3.05) is 5.73 Å². The van der Waals surface area contributed by atoms with Gasteiger partial charge in [0.15, 0.2) is 0 Å². The Hall–Kier alpha value is 0.460. The second-order valence-corrected chi connectivity index (χ2v) is 4.41. The van der Waals surface area contributed by atoms with E-state index in [1.807, 2.05) is 12.1 Å². The molecule has 1 nitrogen and oxygen atoms in total. The molecule has 0 heterocycles. The number of nitrogen functional groups attached to an aromatic ring is 1. The van der Waals surface area contributed by atoms with Crippen molar-refractivity contribution in [1.82, 2.24) is 0 Å². The first kappa shape index (κ1) is 8.56. The Kier molecular flexibility index (Phi) is 2.77. The summed E-state index contributed by atoms with van der Waals surface area (Å²) in [6.07, 6.45) is 0. The molecule has 0 unspecified atom stereocenters. The van der Waals surface area contributed by atoms with Gasteiger partial charge < -0.3 is 5.73 Å². The van der Waals surface area contributed by atoms with Gasteiger partial charge in [-0.2, -0.15) is 0 Å². The lowest BCUT2D eigenvalue weighted by Gasteiger charge is -2.00. The van der Waals surface area contributed by atoms with Crippen molar-refractivity contribution >= 4 is 53.5 Å². The number of hydrogen-bond donors (Lipinski definition) is 1. The van der Waals surface area contributed by atoms with Gasteiger partial charge in [0.25, 0.3) is 0 Å². The second-order valence-electron chi connectivity index (χ2n) is 1.78. The monoisotopic (exact) mass is 339 g/mol. The van der Waals surface area contributed by atoms with Gasteiger partial charge in [-0.1, -0.05) is 15.9 Å². The third-order valence-corrected chi connectivity index (χ3v) is 2.81. The minimum absolute atomic E-state index is 0.725. The highest BCUT2D eigenvalue weighted by Crippen LogP contribution is 2.31. The third-order valence-electron chi connectivity index (χ3n) is 1.04. The van der Waals surface area contributed by atoms with Crippen LogP contribution in [0.25, 0.3) is 0 Å². The predicted octanol–water partition coefficient (Wildman–Crippen LogP) is 3.56. The number of anilines is 1. The Bertz CT molecular complexity index is 236. The number of nitrogens with two attached hydrogens (primary N) is 1. The minimum atomic E-state index is 0.725. The van der Waals surface area contributed by atoms with E-state index in [9.17, 15) is 0 Å². The lowest BCUT2D eigenvalue weighted by atomic mass is 12.2. The molecule has 0 aliphatic heterocycles. The topological polar surface area (TPSA) is 26.0 Å². The van der Waals surface area contributed by atoms with Gasteiger partial charge in [-0.15, -0.1) is 0 Å². The smallest absolute Gasteiger partial charge is 0.0603 e. The molecule has 0 bridgehead atoms. The van der Waals surface area contributed by atoms with Gasteiger partial charge in [-0.25, -0.2) is 0 Å². The van der Waals surface area contributed by atoms with Crippen molar-refractivity contribution < 1.29 is 0 Å². The number of rotatable bonds is 0. The average molecular weight is 342 g/mol. The highest BCUT2D eigenvalue weighted by atomic mass is 79.9. The van der Waals surface area contributed by atoms with Crippen molar-refractivity contribution in [2.45, 2.75) is 0 Å². The summed E-state index contributed by atoms with van der Waals surface area (Å²) in [6, 6.07) is 3.81. The highest BCUT2D eigenvalue weighted by Gasteiger charge is 2.00. The highest BCUT2D eigenvalue weighted by molar-refractivity contribution is 9.11. The molecule has 0 radical (unpaired) electrons. The van der Waals surface area contributed by atoms with Crippen molar-refractivity contribution in [3.8, 4) is 0 Å². The zero-order valence-corrected chi connectivity index (χ0v) is 9.62. The number of halogens is 3. The number of benzene rings is 1. The molecule has 10 heavy (non-hydrogen) atoms. The molecule has 0 amide bonds. The summed E-state index contributed by atoms with van der Waals surface area (Å²) in [5, 5.41) is 0. The standard InChI is InChI=1S/C6H4Br3N/c7-3-1-4(8)6(10)5(9)2-3/h1-2H,10H2/i1+2,2+2,3+2,4+2,5+2,6+2. The van der Waals surface area contributed by atoms with E-state index >= 15 is 0 Å². The van der Waals surface area contributed by atoms with E-state index < -0.39 is 0 Å². The molecule has 4 heteroatoms. The summed E-state index contributed by atoms with van der Waals surface area (Å²) in [6.45, 7) is 0. The van der Waals surface area contributed by atoms with Gasteiger partial charge in [-0.05, 0) is 44.0 Å². The van der Waals surface area contributed by atoms with E-state index in [4.69, 9.17) is 5.73 Å². The van der Waals surface area contributed by atoms with E-state index in [0.29, 0.717) is 0 Å². The Morgan fingerprint density at radius 3 is 1.80 bits per heavy atom. The Balaban J connectivity index is 3.31. The largest absolute Gasteiger partial charge is 0.397 e. The maximum atomic E-state index is 5.64. The van der Waals surface area contributed by atoms with Gasteiger partial charge in [-0.3, -0.25) is 0 Å². The van der Waals surface area contributed by atoms with E-state index in [-0.39, 0.29) is 0 Å². The van der Waals surface area contributed by atoms with Gasteiger partial charge in [0, 0.05) is 13.4 Å².